The quantitative estimate of drug-likeness (QED) is 0.801. The van der Waals surface area contributed by atoms with Crippen LogP contribution in [0.2, 0.25) is 0 Å². The van der Waals surface area contributed by atoms with E-state index in [1.54, 1.807) is 17.2 Å². The highest BCUT2D eigenvalue weighted by Crippen LogP contribution is 2.40. The third-order valence-corrected chi connectivity index (χ3v) is 5.28. The lowest BCUT2D eigenvalue weighted by Crippen LogP contribution is -2.25. The molecular formula is C16H18N6S. The van der Waals surface area contributed by atoms with E-state index in [-0.39, 0.29) is 0 Å². The van der Waals surface area contributed by atoms with Gasteiger partial charge in [0.05, 0.1) is 6.04 Å². The van der Waals surface area contributed by atoms with Gasteiger partial charge in [0.2, 0.25) is 0 Å². The van der Waals surface area contributed by atoms with Gasteiger partial charge in [-0.1, -0.05) is 0 Å². The lowest BCUT2D eigenvalue weighted by atomic mass is 10.2. The van der Waals surface area contributed by atoms with Gasteiger partial charge in [0.25, 0.3) is 0 Å². The maximum atomic E-state index is 6.38. The van der Waals surface area contributed by atoms with Crippen LogP contribution in [0, 0.1) is 6.92 Å². The van der Waals surface area contributed by atoms with Gasteiger partial charge in [-0.25, -0.2) is 14.6 Å². The molecule has 1 atom stereocenters. The summed E-state index contributed by atoms with van der Waals surface area (Å²) in [4.78, 5) is 13.8. The Bertz CT molecular complexity index is 810. The molecule has 23 heavy (non-hydrogen) atoms. The van der Waals surface area contributed by atoms with Crippen LogP contribution in [0.1, 0.15) is 28.6 Å². The van der Waals surface area contributed by atoms with Crippen molar-refractivity contribution in [3.05, 3.63) is 46.7 Å². The number of aromatic nitrogens is 4. The van der Waals surface area contributed by atoms with E-state index in [9.17, 15) is 0 Å². The van der Waals surface area contributed by atoms with Gasteiger partial charge in [-0.2, -0.15) is 5.10 Å². The van der Waals surface area contributed by atoms with Gasteiger partial charge in [0.15, 0.2) is 11.6 Å². The van der Waals surface area contributed by atoms with Gasteiger partial charge < -0.3 is 10.6 Å². The molecule has 4 rings (SSSR count). The third-order valence-electron chi connectivity index (χ3n) is 4.18. The summed E-state index contributed by atoms with van der Waals surface area (Å²) in [6.07, 6.45) is 7.39. The van der Waals surface area contributed by atoms with Crippen molar-refractivity contribution in [2.75, 3.05) is 17.2 Å². The zero-order valence-electron chi connectivity index (χ0n) is 12.9. The van der Waals surface area contributed by atoms with Crippen molar-refractivity contribution in [2.45, 2.75) is 25.8 Å². The summed E-state index contributed by atoms with van der Waals surface area (Å²) >= 11 is 1.85. The van der Waals surface area contributed by atoms with Crippen molar-refractivity contribution in [1.82, 2.24) is 19.7 Å². The molecule has 6 nitrogen and oxygen atoms in total. The molecule has 7 heteroatoms. The fourth-order valence-corrected chi connectivity index (χ4v) is 4.16. The lowest BCUT2D eigenvalue weighted by molar-refractivity contribution is 0.723. The number of rotatable bonds is 3. The van der Waals surface area contributed by atoms with Gasteiger partial charge in [-0.05, 0) is 38.0 Å². The number of nitrogens with zero attached hydrogens (tertiary/aromatic N) is 5. The highest BCUT2D eigenvalue weighted by atomic mass is 32.1. The molecule has 1 aliphatic heterocycles. The summed E-state index contributed by atoms with van der Waals surface area (Å²) in [6.45, 7) is 3.10. The topological polar surface area (TPSA) is 72.9 Å². The largest absolute Gasteiger partial charge is 0.393 e. The molecule has 1 aliphatic rings. The Morgan fingerprint density at radius 3 is 2.87 bits per heavy atom. The Kier molecular flexibility index (Phi) is 3.49. The minimum absolute atomic E-state index is 0.344. The number of hydrogen-bond acceptors (Lipinski definition) is 6. The fraction of sp³-hybridized carbons (Fsp3) is 0.312. The Morgan fingerprint density at radius 1 is 1.26 bits per heavy atom. The van der Waals surface area contributed by atoms with Gasteiger partial charge >= 0.3 is 0 Å². The smallest absolute Gasteiger partial charge is 0.181 e. The average Bonchev–Trinajstić information content (AvgIpc) is 3.28. The highest BCUT2D eigenvalue weighted by molar-refractivity contribution is 7.12. The van der Waals surface area contributed by atoms with Crippen LogP contribution in [0.5, 0.6) is 0 Å². The molecule has 3 aromatic heterocycles. The molecule has 0 unspecified atom stereocenters. The minimum atomic E-state index is 0.344. The van der Waals surface area contributed by atoms with Crippen LogP contribution in [0.15, 0.2) is 36.9 Å². The summed E-state index contributed by atoms with van der Waals surface area (Å²) in [5.74, 6) is 1.44. The van der Waals surface area contributed by atoms with Crippen molar-refractivity contribution >= 4 is 22.8 Å². The first-order chi connectivity index (χ1) is 11.2. The number of nitrogens with two attached hydrogens (primary N) is 1. The lowest BCUT2D eigenvalue weighted by Gasteiger charge is -2.26. The number of aryl methyl sites for hydroxylation is 1. The van der Waals surface area contributed by atoms with Crippen LogP contribution < -0.4 is 10.6 Å². The number of nitrogen functional groups attached to an aromatic ring is 1. The number of hydrogen-bond donors (Lipinski definition) is 1. The second kappa shape index (κ2) is 5.66. The number of thiophene rings is 1. The first-order valence-corrected chi connectivity index (χ1v) is 8.49. The van der Waals surface area contributed by atoms with Crippen LogP contribution in [0.25, 0.3) is 5.82 Å². The zero-order valence-corrected chi connectivity index (χ0v) is 13.7. The normalized spacial score (nSPS) is 17.8. The monoisotopic (exact) mass is 326 g/mol. The first kappa shape index (κ1) is 14.2. The van der Waals surface area contributed by atoms with Crippen molar-refractivity contribution in [3.8, 4) is 5.82 Å². The van der Waals surface area contributed by atoms with E-state index in [0.29, 0.717) is 17.5 Å². The Hall–Kier alpha value is -2.41. The first-order valence-electron chi connectivity index (χ1n) is 7.67. The SMILES string of the molecule is Cc1ccc([C@H]2CCCN2c2ncnc(-n3cccn3)c2N)s1. The second-order valence-corrected chi connectivity index (χ2v) is 7.00. The summed E-state index contributed by atoms with van der Waals surface area (Å²) < 4.78 is 1.68. The molecule has 0 bridgehead atoms. The fourth-order valence-electron chi connectivity index (χ4n) is 3.13. The Morgan fingerprint density at radius 2 is 2.13 bits per heavy atom. The average molecular weight is 326 g/mol. The summed E-state index contributed by atoms with van der Waals surface area (Å²) in [6, 6.07) is 6.59. The van der Waals surface area contributed by atoms with E-state index >= 15 is 0 Å². The summed E-state index contributed by atoms with van der Waals surface area (Å²) in [5.41, 5.74) is 6.96. The van der Waals surface area contributed by atoms with Crippen LogP contribution >= 0.6 is 11.3 Å². The maximum Gasteiger partial charge on any atom is 0.181 e. The predicted molar refractivity (Wildman–Crippen MR) is 91.9 cm³/mol. The molecular weight excluding hydrogens is 308 g/mol. The van der Waals surface area contributed by atoms with Crippen LogP contribution in [0.4, 0.5) is 11.5 Å². The van der Waals surface area contributed by atoms with E-state index in [1.165, 1.54) is 9.75 Å². The van der Waals surface area contributed by atoms with E-state index in [4.69, 9.17) is 5.73 Å². The molecule has 0 aromatic carbocycles. The second-order valence-electron chi connectivity index (χ2n) is 5.69. The van der Waals surface area contributed by atoms with Gasteiger partial charge in [-0.3, -0.25) is 0 Å². The van der Waals surface area contributed by atoms with Gasteiger partial charge in [-0.15, -0.1) is 11.3 Å². The molecule has 2 N–H and O–H groups in total. The molecule has 0 amide bonds. The Balaban J connectivity index is 1.74. The molecule has 1 saturated heterocycles. The van der Waals surface area contributed by atoms with Crippen LogP contribution in [-0.4, -0.2) is 26.3 Å². The van der Waals surface area contributed by atoms with E-state index in [0.717, 1.165) is 25.2 Å². The Labute approximate surface area is 138 Å². The molecule has 4 heterocycles. The van der Waals surface area contributed by atoms with Crippen LogP contribution in [0.3, 0.4) is 0 Å². The molecule has 1 fully saturated rings. The van der Waals surface area contributed by atoms with E-state index < -0.39 is 0 Å². The molecule has 3 aromatic rings. The summed E-state index contributed by atoms with van der Waals surface area (Å²) in [5, 5.41) is 4.23. The number of anilines is 2. The molecule has 118 valence electrons. The van der Waals surface area contributed by atoms with E-state index in [2.05, 4.69) is 39.0 Å². The highest BCUT2D eigenvalue weighted by Gasteiger charge is 2.30. The van der Waals surface area contributed by atoms with Crippen molar-refractivity contribution in [2.24, 2.45) is 0 Å². The molecule has 0 radical (unpaired) electrons. The van der Waals surface area contributed by atoms with Gasteiger partial charge in [0, 0.05) is 28.7 Å². The van der Waals surface area contributed by atoms with Crippen molar-refractivity contribution < 1.29 is 0 Å². The van der Waals surface area contributed by atoms with Gasteiger partial charge in [0.1, 0.15) is 12.0 Å². The minimum Gasteiger partial charge on any atom is -0.393 e. The predicted octanol–water partition coefficient (Wildman–Crippen LogP) is 2.96. The zero-order chi connectivity index (χ0) is 15.8. The molecule has 0 spiro atoms. The van der Waals surface area contributed by atoms with Crippen molar-refractivity contribution in [1.29, 1.82) is 0 Å². The summed E-state index contributed by atoms with van der Waals surface area (Å²) in [7, 11) is 0. The standard InChI is InChI=1S/C16H18N6S/c1-11-5-6-13(23-11)12-4-2-8-21(12)15-14(17)16(19-10-18-15)22-9-3-7-20-22/h3,5-7,9-10,12H,2,4,8,17H2,1H3/t12-/m1/s1. The van der Waals surface area contributed by atoms with E-state index in [1.807, 2.05) is 23.6 Å². The maximum absolute atomic E-state index is 6.38. The molecule has 0 aliphatic carbocycles. The van der Waals surface area contributed by atoms with Crippen molar-refractivity contribution in [3.63, 3.8) is 0 Å². The third kappa shape index (κ3) is 2.46. The molecule has 0 saturated carbocycles. The van der Waals surface area contributed by atoms with Crippen LogP contribution in [-0.2, 0) is 0 Å².